The minimum atomic E-state index is 0.532. The number of hydrogen-bond donors (Lipinski definition) is 0. The highest BCUT2D eigenvalue weighted by Crippen LogP contribution is 2.28. The third-order valence-corrected chi connectivity index (χ3v) is 5.75. The number of benzene rings is 2. The summed E-state index contributed by atoms with van der Waals surface area (Å²) < 4.78 is 0. The van der Waals surface area contributed by atoms with Gasteiger partial charge in [0, 0.05) is 31.7 Å². The zero-order valence-electron chi connectivity index (χ0n) is 16.9. The van der Waals surface area contributed by atoms with Crippen LogP contribution in [0.25, 0.3) is 0 Å². The van der Waals surface area contributed by atoms with Crippen molar-refractivity contribution < 1.29 is 0 Å². The van der Waals surface area contributed by atoms with Gasteiger partial charge in [0.2, 0.25) is 0 Å². The van der Waals surface area contributed by atoms with Gasteiger partial charge in [0.05, 0.1) is 0 Å². The summed E-state index contributed by atoms with van der Waals surface area (Å²) in [6, 6.07) is 21.4. The van der Waals surface area contributed by atoms with Crippen LogP contribution in [0.5, 0.6) is 0 Å². The van der Waals surface area contributed by atoms with Gasteiger partial charge in [0.15, 0.2) is 0 Å². The summed E-state index contributed by atoms with van der Waals surface area (Å²) in [5.41, 5.74) is 4.31. The van der Waals surface area contributed by atoms with Gasteiger partial charge < -0.3 is 4.90 Å². The minimum Gasteiger partial charge on any atom is -0.300 e. The van der Waals surface area contributed by atoms with Crippen molar-refractivity contribution >= 4 is 0 Å². The predicted molar refractivity (Wildman–Crippen MR) is 111 cm³/mol. The van der Waals surface area contributed by atoms with Crippen molar-refractivity contribution in [1.82, 2.24) is 9.80 Å². The molecule has 1 unspecified atom stereocenters. The maximum Gasteiger partial charge on any atom is 0.0239 e. The van der Waals surface area contributed by atoms with E-state index in [0.29, 0.717) is 18.0 Å². The van der Waals surface area contributed by atoms with Crippen LogP contribution in [0.2, 0.25) is 0 Å². The van der Waals surface area contributed by atoms with Crippen molar-refractivity contribution in [3.8, 4) is 0 Å². The van der Waals surface area contributed by atoms with Gasteiger partial charge in [-0.3, -0.25) is 4.90 Å². The Labute approximate surface area is 159 Å². The summed E-state index contributed by atoms with van der Waals surface area (Å²) in [6.45, 7) is 13.7. The molecule has 2 heteroatoms. The number of rotatable bonds is 7. The van der Waals surface area contributed by atoms with E-state index in [9.17, 15) is 0 Å². The molecule has 1 aliphatic heterocycles. The molecule has 1 saturated heterocycles. The van der Waals surface area contributed by atoms with Gasteiger partial charge >= 0.3 is 0 Å². The Morgan fingerprint density at radius 1 is 0.885 bits per heavy atom. The lowest BCUT2D eigenvalue weighted by atomic mass is 9.97. The van der Waals surface area contributed by atoms with E-state index in [-0.39, 0.29) is 0 Å². The summed E-state index contributed by atoms with van der Waals surface area (Å²) in [4.78, 5) is 5.14. The van der Waals surface area contributed by atoms with E-state index in [1.54, 1.807) is 0 Å². The molecule has 140 valence electrons. The molecule has 0 saturated carbocycles. The normalized spacial score (nSPS) is 18.3. The van der Waals surface area contributed by atoms with Gasteiger partial charge in [-0.05, 0) is 63.3 Å². The second-order valence-corrected chi connectivity index (χ2v) is 8.30. The molecule has 1 aliphatic rings. The first-order chi connectivity index (χ1) is 12.5. The molecule has 0 N–H and O–H groups in total. The molecule has 1 atom stereocenters. The van der Waals surface area contributed by atoms with Gasteiger partial charge in [-0.25, -0.2) is 0 Å². The smallest absolute Gasteiger partial charge is 0.0239 e. The van der Waals surface area contributed by atoms with E-state index in [4.69, 9.17) is 0 Å². The van der Waals surface area contributed by atoms with Gasteiger partial charge in [-0.15, -0.1) is 0 Å². The molecule has 0 aromatic heterocycles. The maximum atomic E-state index is 2.60. The largest absolute Gasteiger partial charge is 0.300 e. The summed E-state index contributed by atoms with van der Waals surface area (Å²) in [5, 5.41) is 0. The summed E-state index contributed by atoms with van der Waals surface area (Å²) >= 11 is 0. The van der Waals surface area contributed by atoms with Crippen LogP contribution in [0.3, 0.4) is 0 Å². The summed E-state index contributed by atoms with van der Waals surface area (Å²) in [6.07, 6.45) is 1.30. The zero-order valence-corrected chi connectivity index (χ0v) is 16.9. The van der Waals surface area contributed by atoms with E-state index in [0.717, 1.165) is 13.1 Å². The van der Waals surface area contributed by atoms with Crippen LogP contribution in [0.15, 0.2) is 54.6 Å². The maximum absolute atomic E-state index is 2.60. The van der Waals surface area contributed by atoms with Crippen molar-refractivity contribution in [2.75, 3.05) is 13.1 Å². The Hall–Kier alpha value is -1.64. The fourth-order valence-corrected chi connectivity index (χ4v) is 3.90. The van der Waals surface area contributed by atoms with Crippen LogP contribution >= 0.6 is 0 Å². The predicted octanol–water partition coefficient (Wildman–Crippen LogP) is 5.29. The second kappa shape index (κ2) is 8.83. The molecule has 3 rings (SSSR count). The van der Waals surface area contributed by atoms with Gasteiger partial charge in [-0.2, -0.15) is 0 Å². The van der Waals surface area contributed by atoms with Crippen LogP contribution in [-0.4, -0.2) is 35.0 Å². The molecule has 0 bridgehead atoms. The second-order valence-electron chi connectivity index (χ2n) is 8.30. The fourth-order valence-electron chi connectivity index (χ4n) is 3.90. The van der Waals surface area contributed by atoms with Crippen LogP contribution in [0.1, 0.15) is 56.7 Å². The molecule has 0 spiro atoms. The monoisotopic (exact) mass is 350 g/mol. The highest BCUT2D eigenvalue weighted by Gasteiger charge is 2.25. The minimum absolute atomic E-state index is 0.532. The van der Waals surface area contributed by atoms with Crippen LogP contribution in [0.4, 0.5) is 0 Å². The molecule has 2 aromatic carbocycles. The molecule has 2 nitrogen and oxygen atoms in total. The number of likely N-dealkylation sites (tertiary alicyclic amines) is 1. The van der Waals surface area contributed by atoms with E-state index < -0.39 is 0 Å². The Bertz CT molecular complexity index is 660. The first-order valence-corrected chi connectivity index (χ1v) is 10.1. The Morgan fingerprint density at radius 2 is 1.50 bits per heavy atom. The third kappa shape index (κ3) is 4.96. The molecule has 1 heterocycles. The Kier molecular flexibility index (Phi) is 6.50. The lowest BCUT2D eigenvalue weighted by Gasteiger charge is -2.27. The summed E-state index contributed by atoms with van der Waals surface area (Å²) in [7, 11) is 0. The molecule has 0 amide bonds. The molecule has 0 radical (unpaired) electrons. The molecule has 26 heavy (non-hydrogen) atoms. The summed E-state index contributed by atoms with van der Waals surface area (Å²) in [5.74, 6) is 0.706. The average molecular weight is 351 g/mol. The zero-order chi connectivity index (χ0) is 18.5. The fraction of sp³-hybridized carbons (Fsp3) is 0.500. The number of nitrogens with zero attached hydrogens (tertiary/aromatic N) is 2. The van der Waals surface area contributed by atoms with E-state index in [1.807, 2.05) is 0 Å². The van der Waals surface area contributed by atoms with Crippen LogP contribution < -0.4 is 0 Å². The Balaban J connectivity index is 1.62. The van der Waals surface area contributed by atoms with Gasteiger partial charge in [0.25, 0.3) is 0 Å². The standard InChI is InChI=1S/C24H34N2/c1-19(2)25-15-14-24(18-25)23-12-10-22(11-13-23)17-26(20(3)4)16-21-8-6-5-7-9-21/h5-13,19-20,24H,14-18H2,1-4H3. The molecular weight excluding hydrogens is 316 g/mol. The van der Waals surface area contributed by atoms with E-state index in [2.05, 4.69) is 92.1 Å². The molecular formula is C24H34N2. The lowest BCUT2D eigenvalue weighted by molar-refractivity contribution is 0.203. The molecule has 2 aromatic rings. The van der Waals surface area contributed by atoms with E-state index >= 15 is 0 Å². The highest BCUT2D eigenvalue weighted by atomic mass is 15.2. The van der Waals surface area contributed by atoms with Crippen molar-refractivity contribution in [2.24, 2.45) is 0 Å². The van der Waals surface area contributed by atoms with Crippen molar-refractivity contribution in [1.29, 1.82) is 0 Å². The average Bonchev–Trinajstić information content (AvgIpc) is 3.13. The van der Waals surface area contributed by atoms with E-state index in [1.165, 1.54) is 36.2 Å². The molecule has 1 fully saturated rings. The van der Waals surface area contributed by atoms with Crippen molar-refractivity contribution in [3.05, 3.63) is 71.3 Å². The van der Waals surface area contributed by atoms with Gasteiger partial charge in [-0.1, -0.05) is 54.6 Å². The van der Waals surface area contributed by atoms with Crippen molar-refractivity contribution in [2.45, 2.75) is 65.2 Å². The van der Waals surface area contributed by atoms with Crippen LogP contribution in [-0.2, 0) is 13.1 Å². The van der Waals surface area contributed by atoms with Crippen LogP contribution in [0, 0.1) is 0 Å². The SMILES string of the molecule is CC(C)N(Cc1ccccc1)Cc1ccc(C2CCN(C(C)C)C2)cc1. The topological polar surface area (TPSA) is 6.48 Å². The lowest BCUT2D eigenvalue weighted by Crippen LogP contribution is -2.29. The Morgan fingerprint density at radius 3 is 2.04 bits per heavy atom. The first kappa shape index (κ1) is 19.1. The molecule has 0 aliphatic carbocycles. The quantitative estimate of drug-likeness (QED) is 0.669. The first-order valence-electron chi connectivity index (χ1n) is 10.1. The van der Waals surface area contributed by atoms with Crippen molar-refractivity contribution in [3.63, 3.8) is 0 Å². The third-order valence-electron chi connectivity index (χ3n) is 5.75. The van der Waals surface area contributed by atoms with Gasteiger partial charge in [0.1, 0.15) is 0 Å². The highest BCUT2D eigenvalue weighted by molar-refractivity contribution is 5.27. The number of hydrogen-bond acceptors (Lipinski definition) is 2.